The smallest absolute Gasteiger partial charge is 0.277 e. The first-order chi connectivity index (χ1) is 12.6. The van der Waals surface area contributed by atoms with Crippen LogP contribution in [0.25, 0.3) is 11.5 Å². The summed E-state index contributed by atoms with van der Waals surface area (Å²) >= 11 is 7.05. The third-order valence-electron chi connectivity index (χ3n) is 3.77. The van der Waals surface area contributed by atoms with Gasteiger partial charge in [0.2, 0.25) is 11.8 Å². The number of thioether (sulfide) groups is 1. The Kier molecular flexibility index (Phi) is 5.95. The van der Waals surface area contributed by atoms with Gasteiger partial charge in [-0.1, -0.05) is 30.3 Å². The van der Waals surface area contributed by atoms with Gasteiger partial charge in [0.25, 0.3) is 5.22 Å². The van der Waals surface area contributed by atoms with Crippen molar-refractivity contribution in [1.82, 2.24) is 20.0 Å². The zero-order chi connectivity index (χ0) is 18.5. The fourth-order valence-electron chi connectivity index (χ4n) is 2.22. The highest BCUT2D eigenvalue weighted by Crippen LogP contribution is 2.24. The molecule has 0 bridgehead atoms. The zero-order valence-corrected chi connectivity index (χ0v) is 15.9. The molecule has 3 rings (SSSR count). The lowest BCUT2D eigenvalue weighted by atomic mass is 10.2. The van der Waals surface area contributed by atoms with Crippen molar-refractivity contribution < 1.29 is 9.21 Å². The van der Waals surface area contributed by atoms with Crippen LogP contribution < -0.4 is 5.32 Å². The van der Waals surface area contributed by atoms with Gasteiger partial charge in [-0.15, -0.1) is 10.2 Å². The molecule has 1 amide bonds. The Balaban J connectivity index is 1.57. The molecule has 7 nitrogen and oxygen atoms in total. The molecular formula is C17H18ClN5O2S. The van der Waals surface area contributed by atoms with Gasteiger partial charge in [-0.2, -0.15) is 5.10 Å². The fraction of sp³-hybridized carbons (Fsp3) is 0.294. The van der Waals surface area contributed by atoms with E-state index in [-0.39, 0.29) is 17.7 Å². The van der Waals surface area contributed by atoms with E-state index in [2.05, 4.69) is 27.5 Å². The molecule has 2 heterocycles. The van der Waals surface area contributed by atoms with Crippen LogP contribution >= 0.6 is 23.4 Å². The second-order valence-electron chi connectivity index (χ2n) is 5.64. The first kappa shape index (κ1) is 18.5. The number of hydrogen-bond acceptors (Lipinski definition) is 6. The summed E-state index contributed by atoms with van der Waals surface area (Å²) in [7, 11) is 0. The van der Waals surface area contributed by atoms with Crippen LogP contribution in [0.5, 0.6) is 0 Å². The topological polar surface area (TPSA) is 85.8 Å². The van der Waals surface area contributed by atoms with E-state index in [0.29, 0.717) is 22.0 Å². The van der Waals surface area contributed by atoms with Crippen LogP contribution in [0.3, 0.4) is 0 Å². The number of amides is 1. The van der Waals surface area contributed by atoms with E-state index in [9.17, 15) is 4.79 Å². The molecule has 1 atom stereocenters. The molecule has 0 saturated carbocycles. The largest absolute Gasteiger partial charge is 0.411 e. The number of halogens is 1. The lowest BCUT2D eigenvalue weighted by Gasteiger charge is -2.13. The summed E-state index contributed by atoms with van der Waals surface area (Å²) in [4.78, 5) is 12.2. The Labute approximate surface area is 160 Å². The second-order valence-corrected chi connectivity index (χ2v) is 7.00. The highest BCUT2D eigenvalue weighted by Gasteiger charge is 2.14. The van der Waals surface area contributed by atoms with Gasteiger partial charge in [-0.05, 0) is 37.6 Å². The molecule has 0 radical (unpaired) electrons. The van der Waals surface area contributed by atoms with E-state index >= 15 is 0 Å². The number of nitrogens with zero attached hydrogens (tertiary/aromatic N) is 4. The Morgan fingerprint density at radius 2 is 2.08 bits per heavy atom. The van der Waals surface area contributed by atoms with Crippen molar-refractivity contribution in [2.45, 2.75) is 31.5 Å². The van der Waals surface area contributed by atoms with Gasteiger partial charge in [0.15, 0.2) is 0 Å². The molecule has 1 N–H and O–H groups in total. The fourth-order valence-corrected chi connectivity index (χ4v) is 2.91. The van der Waals surface area contributed by atoms with Gasteiger partial charge in [0.1, 0.15) is 5.82 Å². The molecule has 0 aliphatic heterocycles. The molecule has 2 aromatic heterocycles. The van der Waals surface area contributed by atoms with Crippen LogP contribution in [0.1, 0.15) is 26.3 Å². The number of hydrogen-bond donors (Lipinski definition) is 1. The van der Waals surface area contributed by atoms with Gasteiger partial charge in [0, 0.05) is 16.7 Å². The van der Waals surface area contributed by atoms with Gasteiger partial charge in [-0.25, -0.2) is 4.68 Å². The van der Waals surface area contributed by atoms with Crippen molar-refractivity contribution in [2.75, 3.05) is 11.1 Å². The van der Waals surface area contributed by atoms with E-state index < -0.39 is 0 Å². The number of carbonyl (C=O) groups is 1. The average molecular weight is 392 g/mol. The molecule has 0 aliphatic carbocycles. The van der Waals surface area contributed by atoms with Crippen molar-refractivity contribution in [3.05, 3.63) is 41.6 Å². The molecule has 0 fully saturated rings. The van der Waals surface area contributed by atoms with Crippen LogP contribution in [-0.4, -0.2) is 31.6 Å². The summed E-state index contributed by atoms with van der Waals surface area (Å²) in [5.74, 6) is 1.07. The minimum Gasteiger partial charge on any atom is -0.411 e. The maximum Gasteiger partial charge on any atom is 0.277 e. The van der Waals surface area contributed by atoms with Gasteiger partial charge in [0.05, 0.1) is 18.0 Å². The van der Waals surface area contributed by atoms with Crippen molar-refractivity contribution in [1.29, 1.82) is 0 Å². The summed E-state index contributed by atoms with van der Waals surface area (Å²) in [6.45, 7) is 4.12. The quantitative estimate of drug-likeness (QED) is 0.604. The maximum atomic E-state index is 12.2. The molecular weight excluding hydrogens is 374 g/mol. The lowest BCUT2D eigenvalue weighted by Crippen LogP contribution is -2.18. The van der Waals surface area contributed by atoms with Crippen molar-refractivity contribution in [3.63, 3.8) is 0 Å². The summed E-state index contributed by atoms with van der Waals surface area (Å²) in [5, 5.41) is 16.0. The van der Waals surface area contributed by atoms with E-state index in [4.69, 9.17) is 16.0 Å². The summed E-state index contributed by atoms with van der Waals surface area (Å²) < 4.78 is 7.37. The Morgan fingerprint density at radius 1 is 1.31 bits per heavy atom. The predicted octanol–water partition coefficient (Wildman–Crippen LogP) is 4.29. The maximum absolute atomic E-state index is 12.2. The van der Waals surface area contributed by atoms with Crippen LogP contribution in [0, 0.1) is 0 Å². The number of aromatic nitrogens is 4. The average Bonchev–Trinajstić information content (AvgIpc) is 3.29. The standard InChI is InChI=1S/C17H18ClN5O2S/c1-3-11(2)23-14(8-9-19-23)20-15(24)10-26-17-22-21-16(25-17)12-4-6-13(18)7-5-12/h4-9,11H,3,10H2,1-2H3,(H,20,24). The van der Waals surface area contributed by atoms with Gasteiger partial charge in [-0.3, -0.25) is 4.79 Å². The molecule has 0 saturated heterocycles. The molecule has 3 aromatic rings. The van der Waals surface area contributed by atoms with E-state index in [1.165, 1.54) is 11.8 Å². The Hall–Kier alpha value is -2.32. The molecule has 1 aromatic carbocycles. The molecule has 26 heavy (non-hydrogen) atoms. The highest BCUT2D eigenvalue weighted by atomic mass is 35.5. The van der Waals surface area contributed by atoms with Crippen molar-refractivity contribution in [2.24, 2.45) is 0 Å². The molecule has 9 heteroatoms. The zero-order valence-electron chi connectivity index (χ0n) is 14.3. The van der Waals surface area contributed by atoms with Gasteiger partial charge < -0.3 is 9.73 Å². The number of anilines is 1. The highest BCUT2D eigenvalue weighted by molar-refractivity contribution is 7.99. The van der Waals surface area contributed by atoms with E-state index in [1.54, 1.807) is 41.2 Å². The predicted molar refractivity (Wildman–Crippen MR) is 101 cm³/mol. The molecule has 0 spiro atoms. The SMILES string of the molecule is CCC(C)n1nccc1NC(=O)CSc1nnc(-c2ccc(Cl)cc2)o1. The first-order valence-corrected chi connectivity index (χ1v) is 9.48. The van der Waals surface area contributed by atoms with Crippen molar-refractivity contribution >= 4 is 35.1 Å². The normalized spacial score (nSPS) is 12.1. The molecule has 1 unspecified atom stereocenters. The van der Waals surface area contributed by atoms with Crippen LogP contribution in [-0.2, 0) is 4.79 Å². The second kappa shape index (κ2) is 8.37. The van der Waals surface area contributed by atoms with E-state index in [1.807, 2.05) is 6.92 Å². The third-order valence-corrected chi connectivity index (χ3v) is 4.84. The summed E-state index contributed by atoms with van der Waals surface area (Å²) in [5.41, 5.74) is 0.774. The van der Waals surface area contributed by atoms with E-state index in [0.717, 1.165) is 12.0 Å². The molecule has 136 valence electrons. The Morgan fingerprint density at radius 3 is 2.81 bits per heavy atom. The van der Waals surface area contributed by atoms with Crippen molar-refractivity contribution in [3.8, 4) is 11.5 Å². The lowest BCUT2D eigenvalue weighted by molar-refractivity contribution is -0.113. The Bertz CT molecular complexity index is 877. The summed E-state index contributed by atoms with van der Waals surface area (Å²) in [6, 6.07) is 9.09. The minimum atomic E-state index is -0.161. The minimum absolute atomic E-state index is 0.161. The van der Waals surface area contributed by atoms with Crippen LogP contribution in [0.2, 0.25) is 5.02 Å². The number of rotatable bonds is 7. The van der Waals surface area contributed by atoms with Gasteiger partial charge >= 0.3 is 0 Å². The van der Waals surface area contributed by atoms with Crippen LogP contribution in [0.4, 0.5) is 5.82 Å². The number of carbonyl (C=O) groups excluding carboxylic acids is 1. The number of benzene rings is 1. The monoisotopic (exact) mass is 391 g/mol. The first-order valence-electron chi connectivity index (χ1n) is 8.12. The number of nitrogens with one attached hydrogen (secondary N) is 1. The van der Waals surface area contributed by atoms with Crippen LogP contribution in [0.15, 0.2) is 46.2 Å². The third kappa shape index (κ3) is 4.44. The summed E-state index contributed by atoms with van der Waals surface area (Å²) in [6.07, 6.45) is 2.60. The molecule has 0 aliphatic rings.